The Morgan fingerprint density at radius 2 is 2.29 bits per heavy atom. The van der Waals surface area contributed by atoms with Crippen LogP contribution in [0.2, 0.25) is 0 Å². The van der Waals surface area contributed by atoms with Gasteiger partial charge in [-0.15, -0.1) is 0 Å². The molecule has 0 radical (unpaired) electrons. The number of methoxy groups -OCH3 is 1. The number of nitrogens with zero attached hydrogens (tertiary/aromatic N) is 1. The van der Waals surface area contributed by atoms with Crippen molar-refractivity contribution in [3.63, 3.8) is 0 Å². The number of carboxylic acid groups (broad SMARTS) is 1. The lowest BCUT2D eigenvalue weighted by Crippen LogP contribution is -2.24. The molecule has 1 aromatic rings. The number of rotatable bonds is 6. The minimum absolute atomic E-state index is 0.174. The molecule has 6 heteroatoms. The number of pyridine rings is 1. The number of anilines is 1. The molecule has 0 amide bonds. The molecule has 17 heavy (non-hydrogen) atoms. The fraction of sp³-hybridized carbons (Fsp3) is 0.455. The summed E-state index contributed by atoms with van der Waals surface area (Å²) in [5.74, 6) is -0.469. The van der Waals surface area contributed by atoms with Crippen molar-refractivity contribution in [2.75, 3.05) is 25.6 Å². The van der Waals surface area contributed by atoms with Crippen LogP contribution >= 0.6 is 0 Å². The van der Waals surface area contributed by atoms with Crippen molar-refractivity contribution in [1.82, 2.24) is 4.98 Å². The SMILES string of the molecule is COCC(O)CNc1ccc(C(=O)O)c(C)n1. The van der Waals surface area contributed by atoms with E-state index in [9.17, 15) is 9.90 Å². The molecular formula is C11H16N2O4. The van der Waals surface area contributed by atoms with Crippen LogP contribution in [0.3, 0.4) is 0 Å². The summed E-state index contributed by atoms with van der Waals surface area (Å²) in [6.07, 6.45) is -0.624. The second-order valence-corrected chi connectivity index (χ2v) is 3.62. The first-order chi connectivity index (χ1) is 8.04. The van der Waals surface area contributed by atoms with Crippen molar-refractivity contribution in [2.45, 2.75) is 13.0 Å². The van der Waals surface area contributed by atoms with E-state index in [1.807, 2.05) is 0 Å². The lowest BCUT2D eigenvalue weighted by molar-refractivity contribution is 0.0695. The van der Waals surface area contributed by atoms with Crippen molar-refractivity contribution in [2.24, 2.45) is 0 Å². The van der Waals surface area contributed by atoms with Gasteiger partial charge in [0.15, 0.2) is 0 Å². The summed E-state index contributed by atoms with van der Waals surface area (Å²) >= 11 is 0. The lowest BCUT2D eigenvalue weighted by Gasteiger charge is -2.12. The zero-order valence-electron chi connectivity index (χ0n) is 9.80. The van der Waals surface area contributed by atoms with Gasteiger partial charge >= 0.3 is 5.97 Å². The Morgan fingerprint density at radius 3 is 2.82 bits per heavy atom. The number of aliphatic hydroxyl groups excluding tert-OH is 1. The summed E-state index contributed by atoms with van der Waals surface area (Å²) < 4.78 is 4.78. The van der Waals surface area contributed by atoms with Crippen LogP contribution in [-0.2, 0) is 4.74 Å². The molecule has 0 saturated carbocycles. The van der Waals surface area contributed by atoms with Crippen molar-refractivity contribution in [3.05, 3.63) is 23.4 Å². The summed E-state index contributed by atoms with van der Waals surface area (Å²) in [7, 11) is 1.51. The van der Waals surface area contributed by atoms with Gasteiger partial charge in [0.25, 0.3) is 0 Å². The van der Waals surface area contributed by atoms with Crippen LogP contribution in [-0.4, -0.2) is 47.5 Å². The lowest BCUT2D eigenvalue weighted by atomic mass is 10.2. The van der Waals surface area contributed by atoms with E-state index in [-0.39, 0.29) is 12.2 Å². The summed E-state index contributed by atoms with van der Waals surface area (Å²) in [5, 5.41) is 21.1. The van der Waals surface area contributed by atoms with E-state index in [0.717, 1.165) is 0 Å². The van der Waals surface area contributed by atoms with Crippen LogP contribution in [0.4, 0.5) is 5.82 Å². The highest BCUT2D eigenvalue weighted by molar-refractivity contribution is 5.89. The molecule has 0 aliphatic carbocycles. The van der Waals surface area contributed by atoms with E-state index in [1.54, 1.807) is 13.0 Å². The van der Waals surface area contributed by atoms with E-state index in [1.165, 1.54) is 13.2 Å². The molecule has 0 aliphatic heterocycles. The van der Waals surface area contributed by atoms with Gasteiger partial charge in [-0.25, -0.2) is 9.78 Å². The second kappa shape index (κ2) is 6.17. The number of nitrogens with one attached hydrogen (secondary N) is 1. The van der Waals surface area contributed by atoms with Gasteiger partial charge in [-0.05, 0) is 19.1 Å². The third-order valence-electron chi connectivity index (χ3n) is 2.19. The maximum atomic E-state index is 10.8. The Labute approximate surface area is 99.3 Å². The number of aryl methyl sites for hydroxylation is 1. The molecule has 0 bridgehead atoms. The maximum Gasteiger partial charge on any atom is 0.337 e. The topological polar surface area (TPSA) is 91.7 Å². The molecule has 1 unspecified atom stereocenters. The molecule has 0 saturated heterocycles. The Bertz CT molecular complexity index is 395. The first-order valence-corrected chi connectivity index (χ1v) is 5.16. The number of aromatic carboxylic acids is 1. The monoisotopic (exact) mass is 240 g/mol. The summed E-state index contributed by atoms with van der Waals surface area (Å²) in [6.45, 7) is 2.16. The average Bonchev–Trinajstić information content (AvgIpc) is 2.26. The van der Waals surface area contributed by atoms with Crippen LogP contribution in [0.15, 0.2) is 12.1 Å². The molecule has 1 atom stereocenters. The quantitative estimate of drug-likeness (QED) is 0.671. The smallest absolute Gasteiger partial charge is 0.337 e. The maximum absolute atomic E-state index is 10.8. The minimum atomic E-state index is -0.999. The average molecular weight is 240 g/mol. The largest absolute Gasteiger partial charge is 0.478 e. The number of hydrogen-bond donors (Lipinski definition) is 3. The van der Waals surface area contributed by atoms with Crippen molar-refractivity contribution in [3.8, 4) is 0 Å². The highest BCUT2D eigenvalue weighted by Crippen LogP contribution is 2.10. The van der Waals surface area contributed by atoms with E-state index in [4.69, 9.17) is 9.84 Å². The van der Waals surface area contributed by atoms with E-state index in [0.29, 0.717) is 18.1 Å². The predicted molar refractivity (Wildman–Crippen MR) is 62.3 cm³/mol. The highest BCUT2D eigenvalue weighted by Gasteiger charge is 2.09. The van der Waals surface area contributed by atoms with Gasteiger partial charge in [0.2, 0.25) is 0 Å². The molecule has 1 heterocycles. The van der Waals surface area contributed by atoms with E-state index in [2.05, 4.69) is 10.3 Å². The molecule has 6 nitrogen and oxygen atoms in total. The fourth-order valence-electron chi connectivity index (χ4n) is 1.36. The van der Waals surface area contributed by atoms with Crippen molar-refractivity contribution < 1.29 is 19.7 Å². The zero-order chi connectivity index (χ0) is 12.8. The van der Waals surface area contributed by atoms with Gasteiger partial charge in [-0.3, -0.25) is 0 Å². The number of hydrogen-bond acceptors (Lipinski definition) is 5. The Balaban J connectivity index is 2.62. The molecule has 0 aromatic carbocycles. The molecule has 94 valence electrons. The fourth-order valence-corrected chi connectivity index (χ4v) is 1.36. The van der Waals surface area contributed by atoms with Crippen LogP contribution in [0.5, 0.6) is 0 Å². The molecule has 1 aromatic heterocycles. The molecule has 3 N–H and O–H groups in total. The Morgan fingerprint density at radius 1 is 1.59 bits per heavy atom. The van der Waals surface area contributed by atoms with Crippen LogP contribution in [0.25, 0.3) is 0 Å². The van der Waals surface area contributed by atoms with Crippen molar-refractivity contribution >= 4 is 11.8 Å². The summed E-state index contributed by atoms with van der Waals surface area (Å²) in [4.78, 5) is 14.8. The number of aliphatic hydroxyl groups is 1. The van der Waals surface area contributed by atoms with Crippen LogP contribution in [0, 0.1) is 6.92 Å². The molecular weight excluding hydrogens is 224 g/mol. The first-order valence-electron chi connectivity index (χ1n) is 5.16. The van der Waals surface area contributed by atoms with Crippen LogP contribution < -0.4 is 5.32 Å². The molecule has 0 spiro atoms. The van der Waals surface area contributed by atoms with E-state index < -0.39 is 12.1 Å². The third-order valence-corrected chi connectivity index (χ3v) is 2.19. The third kappa shape index (κ3) is 4.01. The molecule has 1 rings (SSSR count). The summed E-state index contributed by atoms with van der Waals surface area (Å²) in [5.41, 5.74) is 0.608. The zero-order valence-corrected chi connectivity index (χ0v) is 9.80. The molecule has 0 aliphatic rings. The highest BCUT2D eigenvalue weighted by atomic mass is 16.5. The number of aromatic nitrogens is 1. The van der Waals surface area contributed by atoms with Gasteiger partial charge in [-0.1, -0.05) is 0 Å². The number of ether oxygens (including phenoxy) is 1. The van der Waals surface area contributed by atoms with Gasteiger partial charge in [-0.2, -0.15) is 0 Å². The summed E-state index contributed by atoms with van der Waals surface area (Å²) in [6, 6.07) is 3.05. The van der Waals surface area contributed by atoms with Gasteiger partial charge in [0.05, 0.1) is 24.0 Å². The Kier molecular flexibility index (Phi) is 4.86. The van der Waals surface area contributed by atoms with Gasteiger partial charge in [0.1, 0.15) is 5.82 Å². The molecule has 0 fully saturated rings. The van der Waals surface area contributed by atoms with Gasteiger partial charge in [0, 0.05) is 13.7 Å². The van der Waals surface area contributed by atoms with Crippen molar-refractivity contribution in [1.29, 1.82) is 0 Å². The standard InChI is InChI=1S/C11H16N2O4/c1-7-9(11(15)16)3-4-10(13-7)12-5-8(14)6-17-2/h3-4,8,14H,5-6H2,1-2H3,(H,12,13)(H,15,16). The predicted octanol–water partition coefficient (Wildman–Crippen LogP) is 0.507. The first kappa shape index (κ1) is 13.4. The minimum Gasteiger partial charge on any atom is -0.478 e. The number of carboxylic acids is 1. The van der Waals surface area contributed by atoms with Crippen LogP contribution in [0.1, 0.15) is 16.1 Å². The Hall–Kier alpha value is -1.66. The normalized spacial score (nSPS) is 12.2. The van der Waals surface area contributed by atoms with E-state index >= 15 is 0 Å². The number of carbonyl (C=O) groups is 1. The van der Waals surface area contributed by atoms with Gasteiger partial charge < -0.3 is 20.3 Å². The second-order valence-electron chi connectivity index (χ2n) is 3.62.